The first kappa shape index (κ1) is 28.2. The van der Waals surface area contributed by atoms with Crippen LogP contribution in [0.2, 0.25) is 0 Å². The number of ether oxygens (including phenoxy) is 1. The van der Waals surface area contributed by atoms with Gasteiger partial charge in [0, 0.05) is 17.9 Å². The minimum Gasteiger partial charge on any atom is -0.463 e. The minimum atomic E-state index is -0.305. The molecular weight excluding hydrogens is 468 g/mol. The van der Waals surface area contributed by atoms with E-state index in [2.05, 4.69) is 61.5 Å². The Kier molecular flexibility index (Phi) is 6.72. The van der Waals surface area contributed by atoms with Crippen molar-refractivity contribution in [3.05, 3.63) is 23.3 Å². The van der Waals surface area contributed by atoms with Crippen molar-refractivity contribution in [3.63, 3.8) is 0 Å². The molecule has 0 saturated heterocycles. The first-order chi connectivity index (χ1) is 17.7. The van der Waals surface area contributed by atoms with Crippen molar-refractivity contribution in [3.8, 4) is 0 Å². The summed E-state index contributed by atoms with van der Waals surface area (Å²) in [5.74, 6) is 3.01. The van der Waals surface area contributed by atoms with Gasteiger partial charge in [-0.05, 0) is 121 Å². The summed E-state index contributed by atoms with van der Waals surface area (Å²) in [4.78, 5) is 26.0. The molecule has 5 aliphatic rings. The van der Waals surface area contributed by atoms with E-state index in [9.17, 15) is 9.59 Å². The predicted molar refractivity (Wildman–Crippen MR) is 154 cm³/mol. The van der Waals surface area contributed by atoms with Gasteiger partial charge in [0.05, 0.1) is 6.61 Å². The van der Waals surface area contributed by atoms with Crippen LogP contribution >= 0.6 is 0 Å². The molecule has 0 aromatic heterocycles. The number of esters is 1. The van der Waals surface area contributed by atoms with Crippen LogP contribution in [0.15, 0.2) is 23.3 Å². The lowest BCUT2D eigenvalue weighted by Gasteiger charge is -2.72. The molecule has 4 saturated carbocycles. The predicted octanol–water partition coefficient (Wildman–Crippen LogP) is 8.72. The molecule has 0 spiro atoms. The van der Waals surface area contributed by atoms with Crippen molar-refractivity contribution < 1.29 is 14.3 Å². The third-order valence-corrected chi connectivity index (χ3v) is 13.9. The third kappa shape index (κ3) is 3.64. The highest BCUT2D eigenvalue weighted by Crippen LogP contribution is 2.77. The number of fused-ring (bicyclic) bond motifs is 7. The summed E-state index contributed by atoms with van der Waals surface area (Å²) in [7, 11) is 0. The van der Waals surface area contributed by atoms with Gasteiger partial charge in [0.1, 0.15) is 0 Å². The van der Waals surface area contributed by atoms with E-state index >= 15 is 0 Å². The SMILES string of the molecule is CCOC(=O)/C=C/[C@@]12CC[C@]3(C)[C@H](CC[C@@H]4[C@@]5(C)CC[C@H](C)C(C)(C)[C@@H]5CC[C@]43C)C1=C(C(C)C)C(=O)C2. The van der Waals surface area contributed by atoms with Crippen LogP contribution in [0.5, 0.6) is 0 Å². The molecule has 3 heteroatoms. The van der Waals surface area contributed by atoms with Gasteiger partial charge in [0.2, 0.25) is 0 Å². The quantitative estimate of drug-likeness (QED) is 0.274. The highest BCUT2D eigenvalue weighted by Gasteiger charge is 2.69. The van der Waals surface area contributed by atoms with E-state index in [0.717, 1.165) is 36.2 Å². The lowest BCUT2D eigenvalue weighted by molar-refractivity contribution is -0.218. The fraction of sp³-hybridized carbons (Fsp3) is 0.829. The molecule has 0 aromatic rings. The van der Waals surface area contributed by atoms with E-state index in [1.165, 1.54) is 44.1 Å². The van der Waals surface area contributed by atoms with E-state index in [-0.39, 0.29) is 28.1 Å². The van der Waals surface area contributed by atoms with Gasteiger partial charge in [0.15, 0.2) is 5.78 Å². The molecule has 5 aliphatic carbocycles. The Balaban J connectivity index is 1.58. The van der Waals surface area contributed by atoms with E-state index < -0.39 is 0 Å². The Labute approximate surface area is 232 Å². The number of carbonyl (C=O) groups excluding carboxylic acids is 2. The van der Waals surface area contributed by atoms with E-state index in [1.807, 2.05) is 6.92 Å². The fourth-order valence-electron chi connectivity index (χ4n) is 11.5. The summed E-state index contributed by atoms with van der Waals surface area (Å²) in [6.45, 7) is 22.2. The summed E-state index contributed by atoms with van der Waals surface area (Å²) < 4.78 is 5.25. The topological polar surface area (TPSA) is 43.4 Å². The van der Waals surface area contributed by atoms with Crippen LogP contribution < -0.4 is 0 Å². The number of ketones is 1. The zero-order valence-corrected chi connectivity index (χ0v) is 25.8. The molecule has 0 radical (unpaired) electrons. The van der Waals surface area contributed by atoms with Gasteiger partial charge < -0.3 is 4.74 Å². The Hall–Kier alpha value is -1.38. The molecule has 0 bridgehead atoms. The van der Waals surface area contributed by atoms with Gasteiger partial charge in [-0.1, -0.05) is 61.5 Å². The molecule has 0 aliphatic heterocycles. The number of rotatable bonds is 4. The number of hydrogen-bond donors (Lipinski definition) is 0. The van der Waals surface area contributed by atoms with Crippen LogP contribution in [-0.2, 0) is 14.3 Å². The second-order valence-electron chi connectivity index (χ2n) is 15.7. The molecule has 38 heavy (non-hydrogen) atoms. The fourth-order valence-corrected chi connectivity index (χ4v) is 11.5. The lowest BCUT2D eigenvalue weighted by atomic mass is 9.32. The van der Waals surface area contributed by atoms with E-state index in [1.54, 1.807) is 6.08 Å². The monoisotopic (exact) mass is 522 g/mol. The van der Waals surface area contributed by atoms with Gasteiger partial charge in [-0.3, -0.25) is 4.79 Å². The Morgan fingerprint density at radius 3 is 2.32 bits per heavy atom. The lowest BCUT2D eigenvalue weighted by Crippen LogP contribution is -2.64. The number of carbonyl (C=O) groups is 2. The number of allylic oxidation sites excluding steroid dienone is 3. The molecule has 212 valence electrons. The molecular formula is C35H54O3. The standard InChI is InChI=1S/C35H54O3/c1-10-38-28(37)15-18-35-20-19-33(8)24(30(35)29(22(2)3)25(36)21-35)11-12-27-32(7)16-13-23(4)31(5,6)26(32)14-17-34(27,33)9/h15,18,22-24,26-27H,10-14,16-17,19-21H2,1-9H3/b18-15+/t23-,24+,26-,27+,32-,33+,34+,35-/m0/s1. The smallest absolute Gasteiger partial charge is 0.330 e. The highest BCUT2D eigenvalue weighted by molar-refractivity contribution is 6.01. The molecule has 0 aromatic carbocycles. The van der Waals surface area contributed by atoms with Gasteiger partial charge in [0.25, 0.3) is 0 Å². The maximum atomic E-state index is 13.6. The maximum absolute atomic E-state index is 13.6. The summed E-state index contributed by atoms with van der Waals surface area (Å²) in [5.41, 5.74) is 3.45. The summed E-state index contributed by atoms with van der Waals surface area (Å²) in [6.07, 6.45) is 14.2. The number of hydrogen-bond acceptors (Lipinski definition) is 3. The van der Waals surface area contributed by atoms with Crippen molar-refractivity contribution in [1.29, 1.82) is 0 Å². The number of Topliss-reactive ketones (excluding diaryl/α,β-unsaturated/α-hetero) is 1. The highest BCUT2D eigenvalue weighted by atomic mass is 16.5. The molecule has 5 rings (SSSR count). The second-order valence-corrected chi connectivity index (χ2v) is 15.7. The van der Waals surface area contributed by atoms with E-state index in [4.69, 9.17) is 4.74 Å². The van der Waals surface area contributed by atoms with Crippen LogP contribution in [0.1, 0.15) is 120 Å². The van der Waals surface area contributed by atoms with Gasteiger partial charge >= 0.3 is 5.97 Å². The van der Waals surface area contributed by atoms with Crippen molar-refractivity contribution in [2.24, 2.45) is 56.7 Å². The largest absolute Gasteiger partial charge is 0.463 e. The Morgan fingerprint density at radius 2 is 1.66 bits per heavy atom. The summed E-state index contributed by atoms with van der Waals surface area (Å²) >= 11 is 0. The van der Waals surface area contributed by atoms with Crippen molar-refractivity contribution >= 4 is 11.8 Å². The van der Waals surface area contributed by atoms with Crippen LogP contribution in [0.25, 0.3) is 0 Å². The third-order valence-electron chi connectivity index (χ3n) is 13.9. The van der Waals surface area contributed by atoms with Gasteiger partial charge in [-0.15, -0.1) is 0 Å². The van der Waals surface area contributed by atoms with Crippen LogP contribution in [0.3, 0.4) is 0 Å². The van der Waals surface area contributed by atoms with Crippen LogP contribution in [0, 0.1) is 56.7 Å². The molecule has 3 nitrogen and oxygen atoms in total. The average molecular weight is 523 g/mol. The summed E-state index contributed by atoms with van der Waals surface area (Å²) in [6, 6.07) is 0. The molecule has 0 N–H and O–H groups in total. The van der Waals surface area contributed by atoms with Crippen molar-refractivity contribution in [2.45, 2.75) is 120 Å². The minimum absolute atomic E-state index is 0.179. The van der Waals surface area contributed by atoms with Crippen molar-refractivity contribution in [2.75, 3.05) is 6.61 Å². The molecule has 8 atom stereocenters. The normalized spacial score (nSPS) is 46.0. The molecule has 0 heterocycles. The first-order valence-corrected chi connectivity index (χ1v) is 15.8. The van der Waals surface area contributed by atoms with Gasteiger partial charge in [-0.25, -0.2) is 4.79 Å². The Bertz CT molecular complexity index is 1060. The summed E-state index contributed by atoms with van der Waals surface area (Å²) in [5, 5.41) is 0. The van der Waals surface area contributed by atoms with Crippen LogP contribution in [-0.4, -0.2) is 18.4 Å². The zero-order valence-electron chi connectivity index (χ0n) is 25.8. The molecule has 0 amide bonds. The average Bonchev–Trinajstić information content (AvgIpc) is 3.13. The van der Waals surface area contributed by atoms with Crippen LogP contribution in [0.4, 0.5) is 0 Å². The first-order valence-electron chi connectivity index (χ1n) is 15.8. The maximum Gasteiger partial charge on any atom is 0.330 e. The zero-order chi connectivity index (χ0) is 27.9. The molecule has 0 unspecified atom stereocenters. The van der Waals surface area contributed by atoms with Gasteiger partial charge in [-0.2, -0.15) is 0 Å². The van der Waals surface area contributed by atoms with Crippen molar-refractivity contribution in [1.82, 2.24) is 0 Å². The Morgan fingerprint density at radius 1 is 0.947 bits per heavy atom. The van der Waals surface area contributed by atoms with E-state index in [0.29, 0.717) is 35.6 Å². The second kappa shape index (κ2) is 9.07. The molecule has 4 fully saturated rings.